The molecule has 1 aromatic rings. The first kappa shape index (κ1) is 12.6. The van der Waals surface area contributed by atoms with E-state index in [9.17, 15) is 0 Å². The van der Waals surface area contributed by atoms with Gasteiger partial charge in [0.2, 0.25) is 0 Å². The summed E-state index contributed by atoms with van der Waals surface area (Å²) in [4.78, 5) is 0. The lowest BCUT2D eigenvalue weighted by molar-refractivity contribution is 0.0498. The fourth-order valence-corrected chi connectivity index (χ4v) is 2.72. The minimum Gasteiger partial charge on any atom is -0.381 e. The van der Waals surface area contributed by atoms with Crippen LogP contribution in [0.5, 0.6) is 0 Å². The Labute approximate surface area is 104 Å². The van der Waals surface area contributed by atoms with Gasteiger partial charge in [0.05, 0.1) is 0 Å². The third-order valence-electron chi connectivity index (χ3n) is 4.12. The van der Waals surface area contributed by atoms with Crippen molar-refractivity contribution in [3.63, 3.8) is 0 Å². The van der Waals surface area contributed by atoms with E-state index in [4.69, 9.17) is 10.5 Å². The molecule has 2 nitrogen and oxygen atoms in total. The molecule has 0 aliphatic carbocycles. The van der Waals surface area contributed by atoms with E-state index < -0.39 is 0 Å². The molecule has 1 atom stereocenters. The van der Waals surface area contributed by atoms with E-state index in [-0.39, 0.29) is 11.5 Å². The van der Waals surface area contributed by atoms with Crippen LogP contribution in [0.2, 0.25) is 0 Å². The van der Waals surface area contributed by atoms with Gasteiger partial charge in [0.15, 0.2) is 0 Å². The molecule has 0 spiro atoms. The molecule has 0 aromatic heterocycles. The van der Waals surface area contributed by atoms with Crippen LogP contribution in [-0.4, -0.2) is 19.3 Å². The standard InChI is InChI=1S/C15H23NO/c1-15(2,13-6-4-3-5-7-13)14(16)12-8-10-17-11-9-12/h3-7,12,14H,8-11,16H2,1-2H3. The molecule has 1 unspecified atom stereocenters. The van der Waals surface area contributed by atoms with E-state index >= 15 is 0 Å². The number of nitrogens with two attached hydrogens (primary N) is 1. The van der Waals surface area contributed by atoms with Crippen molar-refractivity contribution in [2.24, 2.45) is 11.7 Å². The molecule has 94 valence electrons. The third kappa shape index (κ3) is 2.70. The molecule has 0 bridgehead atoms. The summed E-state index contributed by atoms with van der Waals surface area (Å²) in [7, 11) is 0. The molecule has 0 radical (unpaired) electrons. The molecule has 2 rings (SSSR count). The van der Waals surface area contributed by atoms with Crippen LogP contribution in [0.25, 0.3) is 0 Å². The molecule has 17 heavy (non-hydrogen) atoms. The SMILES string of the molecule is CC(C)(c1ccccc1)C(N)C1CCOCC1. The molecule has 0 amide bonds. The van der Waals surface area contributed by atoms with Crippen molar-refractivity contribution in [3.8, 4) is 0 Å². The number of rotatable bonds is 3. The molecule has 1 aliphatic heterocycles. The summed E-state index contributed by atoms with van der Waals surface area (Å²) in [5.41, 5.74) is 7.87. The highest BCUT2D eigenvalue weighted by Crippen LogP contribution is 2.33. The minimum absolute atomic E-state index is 0.0310. The summed E-state index contributed by atoms with van der Waals surface area (Å²) in [5, 5.41) is 0. The minimum atomic E-state index is 0.0310. The van der Waals surface area contributed by atoms with Gasteiger partial charge in [-0.15, -0.1) is 0 Å². The molecule has 1 saturated heterocycles. The summed E-state index contributed by atoms with van der Waals surface area (Å²) in [6.45, 7) is 6.23. The molecule has 2 heteroatoms. The van der Waals surface area contributed by atoms with Gasteiger partial charge in [-0.3, -0.25) is 0 Å². The molecule has 1 aliphatic rings. The molecule has 0 saturated carbocycles. The van der Waals surface area contributed by atoms with Crippen LogP contribution < -0.4 is 5.73 Å². The summed E-state index contributed by atoms with van der Waals surface area (Å²) >= 11 is 0. The van der Waals surface area contributed by atoms with E-state index in [1.807, 2.05) is 0 Å². The Morgan fingerprint density at radius 1 is 1.18 bits per heavy atom. The zero-order valence-corrected chi connectivity index (χ0v) is 10.9. The summed E-state index contributed by atoms with van der Waals surface area (Å²) < 4.78 is 5.41. The maximum Gasteiger partial charge on any atom is 0.0469 e. The van der Waals surface area contributed by atoms with Crippen LogP contribution in [-0.2, 0) is 10.2 Å². The normalized spacial score (nSPS) is 20.2. The van der Waals surface area contributed by atoms with Gasteiger partial charge in [0.1, 0.15) is 0 Å². The lowest BCUT2D eigenvalue weighted by Crippen LogP contribution is -2.47. The molecular formula is C15H23NO. The molecule has 2 N–H and O–H groups in total. The van der Waals surface area contributed by atoms with E-state index in [1.54, 1.807) is 0 Å². The number of ether oxygens (including phenoxy) is 1. The van der Waals surface area contributed by atoms with Crippen molar-refractivity contribution >= 4 is 0 Å². The van der Waals surface area contributed by atoms with Gasteiger partial charge >= 0.3 is 0 Å². The number of benzene rings is 1. The van der Waals surface area contributed by atoms with Crippen molar-refractivity contribution in [1.82, 2.24) is 0 Å². The predicted molar refractivity (Wildman–Crippen MR) is 71.0 cm³/mol. The highest BCUT2D eigenvalue weighted by atomic mass is 16.5. The van der Waals surface area contributed by atoms with Crippen molar-refractivity contribution in [2.75, 3.05) is 13.2 Å². The zero-order valence-electron chi connectivity index (χ0n) is 10.9. The third-order valence-corrected chi connectivity index (χ3v) is 4.12. The Morgan fingerprint density at radius 2 is 1.76 bits per heavy atom. The summed E-state index contributed by atoms with van der Waals surface area (Å²) in [6.07, 6.45) is 2.19. The van der Waals surface area contributed by atoms with E-state index in [0.717, 1.165) is 26.1 Å². The summed E-state index contributed by atoms with van der Waals surface area (Å²) in [5.74, 6) is 0.582. The van der Waals surface area contributed by atoms with Crippen molar-refractivity contribution < 1.29 is 4.74 Å². The molecule has 1 heterocycles. The van der Waals surface area contributed by atoms with Crippen molar-refractivity contribution in [1.29, 1.82) is 0 Å². The maximum absolute atomic E-state index is 6.50. The smallest absolute Gasteiger partial charge is 0.0469 e. The molecular weight excluding hydrogens is 210 g/mol. The largest absolute Gasteiger partial charge is 0.381 e. The van der Waals surface area contributed by atoms with Crippen LogP contribution in [0.1, 0.15) is 32.3 Å². The van der Waals surface area contributed by atoms with Gasteiger partial charge in [0, 0.05) is 24.7 Å². The quantitative estimate of drug-likeness (QED) is 0.871. The van der Waals surface area contributed by atoms with Gasteiger partial charge in [-0.2, -0.15) is 0 Å². The van der Waals surface area contributed by atoms with Crippen LogP contribution in [0.4, 0.5) is 0 Å². The Balaban J connectivity index is 2.14. The first-order chi connectivity index (χ1) is 8.12. The first-order valence-electron chi connectivity index (χ1n) is 6.51. The van der Waals surface area contributed by atoms with Gasteiger partial charge in [-0.1, -0.05) is 44.2 Å². The van der Waals surface area contributed by atoms with Gasteiger partial charge in [-0.05, 0) is 24.3 Å². The van der Waals surface area contributed by atoms with Crippen LogP contribution in [0.15, 0.2) is 30.3 Å². The van der Waals surface area contributed by atoms with Crippen LogP contribution in [0, 0.1) is 5.92 Å². The van der Waals surface area contributed by atoms with Crippen molar-refractivity contribution in [3.05, 3.63) is 35.9 Å². The number of hydrogen-bond donors (Lipinski definition) is 1. The van der Waals surface area contributed by atoms with E-state index in [1.165, 1.54) is 5.56 Å². The van der Waals surface area contributed by atoms with E-state index in [0.29, 0.717) is 5.92 Å². The second kappa shape index (κ2) is 5.19. The highest BCUT2D eigenvalue weighted by molar-refractivity contribution is 5.26. The monoisotopic (exact) mass is 233 g/mol. The fraction of sp³-hybridized carbons (Fsp3) is 0.600. The van der Waals surface area contributed by atoms with Crippen LogP contribution >= 0.6 is 0 Å². The Kier molecular flexibility index (Phi) is 3.85. The number of hydrogen-bond acceptors (Lipinski definition) is 2. The highest BCUT2D eigenvalue weighted by Gasteiger charge is 2.34. The zero-order chi connectivity index (χ0) is 12.3. The predicted octanol–water partition coefficient (Wildman–Crippen LogP) is 2.72. The Morgan fingerprint density at radius 3 is 2.35 bits per heavy atom. The van der Waals surface area contributed by atoms with Crippen LogP contribution in [0.3, 0.4) is 0 Å². The lowest BCUT2D eigenvalue weighted by atomic mass is 9.71. The molecule has 1 fully saturated rings. The van der Waals surface area contributed by atoms with E-state index in [2.05, 4.69) is 44.2 Å². The van der Waals surface area contributed by atoms with Gasteiger partial charge in [0.25, 0.3) is 0 Å². The maximum atomic E-state index is 6.50. The lowest BCUT2D eigenvalue weighted by Gasteiger charge is -2.39. The van der Waals surface area contributed by atoms with Gasteiger partial charge in [-0.25, -0.2) is 0 Å². The average molecular weight is 233 g/mol. The Hall–Kier alpha value is -0.860. The second-order valence-corrected chi connectivity index (χ2v) is 5.56. The topological polar surface area (TPSA) is 35.2 Å². The van der Waals surface area contributed by atoms with Crippen molar-refractivity contribution in [2.45, 2.75) is 38.1 Å². The average Bonchev–Trinajstić information content (AvgIpc) is 2.40. The van der Waals surface area contributed by atoms with Gasteiger partial charge < -0.3 is 10.5 Å². The Bertz CT molecular complexity index is 341. The fourth-order valence-electron chi connectivity index (χ4n) is 2.72. The first-order valence-corrected chi connectivity index (χ1v) is 6.51. The summed E-state index contributed by atoms with van der Waals surface area (Å²) in [6, 6.07) is 10.8. The second-order valence-electron chi connectivity index (χ2n) is 5.56. The molecule has 1 aromatic carbocycles.